The zero-order valence-electron chi connectivity index (χ0n) is 18.2. The lowest BCUT2D eigenvalue weighted by molar-refractivity contribution is -0.384. The topological polar surface area (TPSA) is 129 Å². The van der Waals surface area contributed by atoms with Crippen LogP contribution in [0.4, 0.5) is 5.69 Å². The highest BCUT2D eigenvalue weighted by atomic mass is 16.7. The Morgan fingerprint density at radius 2 is 1.88 bits per heavy atom. The minimum absolute atomic E-state index is 0.116. The minimum atomic E-state index is -0.828. The standard InChI is InChI=1S/C23H25N3O7/c1-15(25-22(28)16-3-2-4-18(11-16)26(29)30)21(27)24-13-23(7-9-31-10-8-23)17-5-6-19-20(12-17)33-14-32-19/h2-6,11-12,15H,7-10,13-14H2,1H3,(H,24,27)(H,25,28). The molecule has 2 amide bonds. The summed E-state index contributed by atoms with van der Waals surface area (Å²) in [7, 11) is 0. The first-order chi connectivity index (χ1) is 15.9. The lowest BCUT2D eigenvalue weighted by atomic mass is 9.74. The van der Waals surface area contributed by atoms with Gasteiger partial charge in [0.2, 0.25) is 12.7 Å². The summed E-state index contributed by atoms with van der Waals surface area (Å²) in [6.45, 7) is 3.27. The third-order valence-electron chi connectivity index (χ3n) is 6.10. The van der Waals surface area contributed by atoms with Crippen molar-refractivity contribution in [2.24, 2.45) is 0 Å². The maximum atomic E-state index is 12.8. The number of non-ortho nitro benzene ring substituents is 1. The number of carbonyl (C=O) groups excluding carboxylic acids is 2. The molecule has 10 heteroatoms. The second kappa shape index (κ2) is 9.45. The first kappa shape index (κ1) is 22.5. The van der Waals surface area contributed by atoms with Gasteiger partial charge in [0.15, 0.2) is 11.5 Å². The van der Waals surface area contributed by atoms with E-state index >= 15 is 0 Å². The Bertz CT molecular complexity index is 1070. The van der Waals surface area contributed by atoms with E-state index in [0.29, 0.717) is 31.3 Å². The van der Waals surface area contributed by atoms with Crippen molar-refractivity contribution in [3.05, 3.63) is 63.7 Å². The van der Waals surface area contributed by atoms with Crippen molar-refractivity contribution in [3.63, 3.8) is 0 Å². The number of rotatable bonds is 7. The van der Waals surface area contributed by atoms with Crippen LogP contribution in [-0.2, 0) is 14.9 Å². The number of amides is 2. The van der Waals surface area contributed by atoms with Crippen LogP contribution in [0.25, 0.3) is 0 Å². The molecule has 1 fully saturated rings. The van der Waals surface area contributed by atoms with Crippen molar-refractivity contribution in [1.82, 2.24) is 10.6 Å². The summed E-state index contributed by atoms with van der Waals surface area (Å²) >= 11 is 0. The van der Waals surface area contributed by atoms with E-state index in [1.54, 1.807) is 6.92 Å². The van der Waals surface area contributed by atoms with E-state index in [9.17, 15) is 19.7 Å². The summed E-state index contributed by atoms with van der Waals surface area (Å²) in [6, 6.07) is 10.4. The average molecular weight is 455 g/mol. The lowest BCUT2D eigenvalue weighted by Gasteiger charge is -2.38. The molecule has 2 aliphatic heterocycles. The highest BCUT2D eigenvalue weighted by Gasteiger charge is 2.36. The summed E-state index contributed by atoms with van der Waals surface area (Å²) in [4.78, 5) is 35.6. The summed E-state index contributed by atoms with van der Waals surface area (Å²) in [5, 5.41) is 16.5. The van der Waals surface area contributed by atoms with Gasteiger partial charge in [0.1, 0.15) is 6.04 Å². The van der Waals surface area contributed by atoms with Gasteiger partial charge in [-0.05, 0) is 43.5 Å². The molecule has 0 radical (unpaired) electrons. The average Bonchev–Trinajstić information content (AvgIpc) is 3.31. The highest BCUT2D eigenvalue weighted by molar-refractivity contribution is 5.97. The first-order valence-corrected chi connectivity index (χ1v) is 10.7. The molecule has 2 aromatic carbocycles. The summed E-state index contributed by atoms with van der Waals surface area (Å²) in [5.74, 6) is 0.475. The molecule has 2 N–H and O–H groups in total. The minimum Gasteiger partial charge on any atom is -0.454 e. The second-order valence-corrected chi connectivity index (χ2v) is 8.18. The van der Waals surface area contributed by atoms with Gasteiger partial charge in [-0.3, -0.25) is 19.7 Å². The van der Waals surface area contributed by atoms with E-state index in [1.165, 1.54) is 24.3 Å². The van der Waals surface area contributed by atoms with E-state index < -0.39 is 16.9 Å². The maximum absolute atomic E-state index is 12.8. The van der Waals surface area contributed by atoms with Gasteiger partial charge in [-0.1, -0.05) is 12.1 Å². The van der Waals surface area contributed by atoms with Gasteiger partial charge in [-0.25, -0.2) is 0 Å². The fourth-order valence-corrected chi connectivity index (χ4v) is 4.07. The van der Waals surface area contributed by atoms with Crippen LogP contribution in [-0.4, -0.2) is 49.3 Å². The Hall–Kier alpha value is -3.66. The van der Waals surface area contributed by atoms with E-state index in [4.69, 9.17) is 14.2 Å². The van der Waals surface area contributed by atoms with Crippen LogP contribution in [0.3, 0.4) is 0 Å². The highest BCUT2D eigenvalue weighted by Crippen LogP contribution is 2.40. The molecule has 2 aromatic rings. The molecule has 174 valence electrons. The SMILES string of the molecule is CC(NC(=O)c1cccc([N+](=O)[O-])c1)C(=O)NCC1(c2ccc3c(c2)OCO3)CCOCC1. The molecule has 0 aliphatic carbocycles. The Balaban J connectivity index is 1.41. The van der Waals surface area contributed by atoms with Crippen LogP contribution in [0.15, 0.2) is 42.5 Å². The normalized spacial score (nSPS) is 17.1. The molecule has 0 bridgehead atoms. The smallest absolute Gasteiger partial charge is 0.270 e. The van der Waals surface area contributed by atoms with E-state index in [1.807, 2.05) is 18.2 Å². The zero-order valence-corrected chi connectivity index (χ0v) is 18.2. The molecular weight excluding hydrogens is 430 g/mol. The van der Waals surface area contributed by atoms with Crippen LogP contribution >= 0.6 is 0 Å². The number of nitro groups is 1. The van der Waals surface area contributed by atoms with Crippen molar-refractivity contribution in [2.75, 3.05) is 26.6 Å². The first-order valence-electron chi connectivity index (χ1n) is 10.7. The van der Waals surface area contributed by atoms with Crippen LogP contribution < -0.4 is 20.1 Å². The number of benzene rings is 2. The Labute approximate surface area is 190 Å². The number of fused-ring (bicyclic) bond motifs is 1. The van der Waals surface area contributed by atoms with Crippen molar-refractivity contribution in [3.8, 4) is 11.5 Å². The van der Waals surface area contributed by atoms with Gasteiger partial charge in [0.05, 0.1) is 4.92 Å². The van der Waals surface area contributed by atoms with Crippen LogP contribution in [0.5, 0.6) is 11.5 Å². The van der Waals surface area contributed by atoms with Gasteiger partial charge in [0.25, 0.3) is 11.6 Å². The number of hydrogen-bond donors (Lipinski definition) is 2. The molecule has 0 saturated carbocycles. The van der Waals surface area contributed by atoms with E-state index in [-0.39, 0.29) is 29.4 Å². The van der Waals surface area contributed by atoms with E-state index in [2.05, 4.69) is 10.6 Å². The fraction of sp³-hybridized carbons (Fsp3) is 0.391. The summed E-state index contributed by atoms with van der Waals surface area (Å²) in [6.07, 6.45) is 1.45. The predicted molar refractivity (Wildman–Crippen MR) is 117 cm³/mol. The van der Waals surface area contributed by atoms with Crippen molar-refractivity contribution < 1.29 is 28.7 Å². The Kier molecular flexibility index (Phi) is 6.45. The van der Waals surface area contributed by atoms with Crippen LogP contribution in [0.2, 0.25) is 0 Å². The van der Waals surface area contributed by atoms with Gasteiger partial charge in [-0.2, -0.15) is 0 Å². The number of hydrogen-bond acceptors (Lipinski definition) is 7. The van der Waals surface area contributed by atoms with Crippen molar-refractivity contribution >= 4 is 17.5 Å². The molecular formula is C23H25N3O7. The molecule has 10 nitrogen and oxygen atoms in total. The molecule has 33 heavy (non-hydrogen) atoms. The maximum Gasteiger partial charge on any atom is 0.270 e. The monoisotopic (exact) mass is 455 g/mol. The molecule has 1 atom stereocenters. The third-order valence-corrected chi connectivity index (χ3v) is 6.10. The number of carbonyl (C=O) groups is 2. The van der Waals surface area contributed by atoms with Crippen molar-refractivity contribution in [1.29, 1.82) is 0 Å². The summed E-state index contributed by atoms with van der Waals surface area (Å²) < 4.78 is 16.5. The number of ether oxygens (including phenoxy) is 3. The Morgan fingerprint density at radius 1 is 1.12 bits per heavy atom. The van der Waals surface area contributed by atoms with Crippen LogP contribution in [0.1, 0.15) is 35.7 Å². The zero-order chi connectivity index (χ0) is 23.4. The van der Waals surface area contributed by atoms with Gasteiger partial charge in [-0.15, -0.1) is 0 Å². The predicted octanol–water partition coefficient (Wildman–Crippen LogP) is 2.31. The number of nitrogens with one attached hydrogen (secondary N) is 2. The molecule has 4 rings (SSSR count). The second-order valence-electron chi connectivity index (χ2n) is 8.18. The number of nitrogens with zero attached hydrogens (tertiary/aromatic N) is 1. The van der Waals surface area contributed by atoms with E-state index in [0.717, 1.165) is 18.4 Å². The molecule has 1 unspecified atom stereocenters. The van der Waals surface area contributed by atoms with Gasteiger partial charge in [0, 0.05) is 42.9 Å². The molecule has 2 aliphatic rings. The molecule has 0 spiro atoms. The third kappa shape index (κ3) is 4.90. The van der Waals surface area contributed by atoms with Crippen molar-refractivity contribution in [2.45, 2.75) is 31.2 Å². The Morgan fingerprint density at radius 3 is 2.64 bits per heavy atom. The fourth-order valence-electron chi connectivity index (χ4n) is 4.07. The van der Waals surface area contributed by atoms with Gasteiger partial charge < -0.3 is 24.8 Å². The van der Waals surface area contributed by atoms with Gasteiger partial charge >= 0.3 is 0 Å². The lowest BCUT2D eigenvalue weighted by Crippen LogP contribution is -2.50. The number of nitro benzene ring substituents is 1. The molecule has 0 aromatic heterocycles. The quantitative estimate of drug-likeness (QED) is 0.484. The molecule has 2 heterocycles. The van der Waals surface area contributed by atoms with Crippen LogP contribution in [0, 0.1) is 10.1 Å². The molecule has 1 saturated heterocycles. The largest absolute Gasteiger partial charge is 0.454 e. The summed E-state index contributed by atoms with van der Waals surface area (Å²) in [5.41, 5.74) is 0.622.